The van der Waals surface area contributed by atoms with E-state index >= 15 is 0 Å². The summed E-state index contributed by atoms with van der Waals surface area (Å²) in [5, 5.41) is 2.02. The lowest BCUT2D eigenvalue weighted by atomic mass is 10.3. The van der Waals surface area contributed by atoms with Gasteiger partial charge in [-0.3, -0.25) is 0 Å². The Kier molecular flexibility index (Phi) is 1.50. The minimum Gasteiger partial charge on any atom is -0.352 e. The Morgan fingerprint density at radius 2 is 2.10 bits per heavy atom. The zero-order chi connectivity index (χ0) is 7.78. The van der Waals surface area contributed by atoms with E-state index in [0.29, 0.717) is 12.8 Å². The molecule has 1 saturated carbocycles. The topological polar surface area (TPSA) is 55.1 Å². The number of urea groups is 1. The van der Waals surface area contributed by atoms with E-state index in [9.17, 15) is 13.6 Å². The second kappa shape index (κ2) is 2.07. The first-order chi connectivity index (χ1) is 4.57. The van der Waals surface area contributed by atoms with Gasteiger partial charge in [0.1, 0.15) is 5.54 Å². The lowest BCUT2D eigenvalue weighted by Gasteiger charge is -2.13. The number of primary amides is 1. The molecule has 1 fully saturated rings. The molecular weight excluding hydrogens is 142 g/mol. The van der Waals surface area contributed by atoms with Crippen LogP contribution in [-0.2, 0) is 0 Å². The van der Waals surface area contributed by atoms with Gasteiger partial charge < -0.3 is 11.1 Å². The van der Waals surface area contributed by atoms with Crippen molar-refractivity contribution in [2.75, 3.05) is 0 Å². The van der Waals surface area contributed by atoms with Crippen LogP contribution in [0.25, 0.3) is 0 Å². The van der Waals surface area contributed by atoms with Gasteiger partial charge in [0.25, 0.3) is 6.43 Å². The maximum Gasteiger partial charge on any atom is 0.312 e. The summed E-state index contributed by atoms with van der Waals surface area (Å²) in [6, 6.07) is -0.877. The monoisotopic (exact) mass is 150 g/mol. The second-order valence-corrected chi connectivity index (χ2v) is 2.45. The van der Waals surface area contributed by atoms with Crippen molar-refractivity contribution in [3.8, 4) is 0 Å². The van der Waals surface area contributed by atoms with Crippen molar-refractivity contribution in [3.05, 3.63) is 0 Å². The van der Waals surface area contributed by atoms with Crippen molar-refractivity contribution >= 4 is 6.03 Å². The summed E-state index contributed by atoms with van der Waals surface area (Å²) in [5.41, 5.74) is 3.39. The van der Waals surface area contributed by atoms with E-state index in [4.69, 9.17) is 0 Å². The molecule has 0 aromatic heterocycles. The van der Waals surface area contributed by atoms with Crippen LogP contribution in [0, 0.1) is 0 Å². The molecule has 0 saturated heterocycles. The molecular formula is C5H8F2N2O. The predicted molar refractivity (Wildman–Crippen MR) is 30.7 cm³/mol. The highest BCUT2D eigenvalue weighted by atomic mass is 19.3. The molecule has 1 aliphatic rings. The highest BCUT2D eigenvalue weighted by molar-refractivity contribution is 5.73. The lowest BCUT2D eigenvalue weighted by Crippen LogP contribution is -2.44. The minimum absolute atomic E-state index is 0.327. The van der Waals surface area contributed by atoms with Crippen molar-refractivity contribution in [2.24, 2.45) is 5.73 Å². The number of nitrogens with one attached hydrogen (secondary N) is 1. The summed E-state index contributed by atoms with van der Waals surface area (Å²) < 4.78 is 23.9. The van der Waals surface area contributed by atoms with E-state index in [1.54, 1.807) is 0 Å². The average Bonchev–Trinajstić information content (AvgIpc) is 2.46. The second-order valence-electron chi connectivity index (χ2n) is 2.45. The molecule has 3 N–H and O–H groups in total. The van der Waals surface area contributed by atoms with Gasteiger partial charge in [-0.1, -0.05) is 0 Å². The van der Waals surface area contributed by atoms with Crippen molar-refractivity contribution < 1.29 is 13.6 Å². The van der Waals surface area contributed by atoms with E-state index in [-0.39, 0.29) is 0 Å². The van der Waals surface area contributed by atoms with Gasteiger partial charge in [0.2, 0.25) is 0 Å². The number of rotatable bonds is 2. The average molecular weight is 150 g/mol. The van der Waals surface area contributed by atoms with E-state index in [1.165, 1.54) is 0 Å². The number of amides is 2. The number of nitrogens with two attached hydrogens (primary N) is 1. The van der Waals surface area contributed by atoms with Crippen molar-refractivity contribution in [1.29, 1.82) is 0 Å². The molecule has 5 heteroatoms. The van der Waals surface area contributed by atoms with E-state index in [1.807, 2.05) is 5.32 Å². The SMILES string of the molecule is NC(=O)NC1(C(F)F)CC1. The van der Waals surface area contributed by atoms with Crippen molar-refractivity contribution in [3.63, 3.8) is 0 Å². The number of halogens is 2. The van der Waals surface area contributed by atoms with Crippen LogP contribution >= 0.6 is 0 Å². The fraction of sp³-hybridized carbons (Fsp3) is 0.800. The predicted octanol–water partition coefficient (Wildman–Crippen LogP) is 0.452. The van der Waals surface area contributed by atoms with Crippen LogP contribution < -0.4 is 11.1 Å². The van der Waals surface area contributed by atoms with Crippen molar-refractivity contribution in [2.45, 2.75) is 24.8 Å². The Balaban J connectivity index is 2.45. The number of carbonyl (C=O) groups is 1. The fourth-order valence-corrected chi connectivity index (χ4v) is 0.778. The molecule has 0 spiro atoms. The van der Waals surface area contributed by atoms with Crippen LogP contribution in [0.2, 0.25) is 0 Å². The number of hydrogen-bond acceptors (Lipinski definition) is 1. The Hall–Kier alpha value is -0.870. The fourth-order valence-electron chi connectivity index (χ4n) is 0.778. The lowest BCUT2D eigenvalue weighted by molar-refractivity contribution is 0.0904. The van der Waals surface area contributed by atoms with Crippen LogP contribution in [0.1, 0.15) is 12.8 Å². The van der Waals surface area contributed by atoms with Gasteiger partial charge in [0, 0.05) is 0 Å². The molecule has 0 radical (unpaired) electrons. The van der Waals surface area contributed by atoms with Crippen LogP contribution in [0.5, 0.6) is 0 Å². The molecule has 0 aromatic rings. The molecule has 10 heavy (non-hydrogen) atoms. The first kappa shape index (κ1) is 7.24. The molecule has 58 valence electrons. The van der Waals surface area contributed by atoms with E-state index < -0.39 is 18.0 Å². The molecule has 0 aromatic carbocycles. The van der Waals surface area contributed by atoms with E-state index in [2.05, 4.69) is 5.73 Å². The number of carbonyl (C=O) groups excluding carboxylic acids is 1. The minimum atomic E-state index is -2.50. The summed E-state index contributed by atoms with van der Waals surface area (Å²) in [5.74, 6) is 0. The molecule has 1 rings (SSSR count). The largest absolute Gasteiger partial charge is 0.352 e. The maximum absolute atomic E-state index is 12.0. The number of hydrogen-bond donors (Lipinski definition) is 2. The molecule has 2 amide bonds. The van der Waals surface area contributed by atoms with Gasteiger partial charge in [-0.05, 0) is 12.8 Å². The summed E-state index contributed by atoms with van der Waals surface area (Å²) >= 11 is 0. The van der Waals surface area contributed by atoms with Crippen LogP contribution in [0.15, 0.2) is 0 Å². The zero-order valence-corrected chi connectivity index (χ0v) is 5.23. The van der Waals surface area contributed by atoms with Gasteiger partial charge in [-0.2, -0.15) is 0 Å². The summed E-state index contributed by atoms with van der Waals surface area (Å²) in [6.07, 6.45) is -1.85. The third-order valence-corrected chi connectivity index (χ3v) is 1.58. The Morgan fingerprint density at radius 3 is 2.20 bits per heavy atom. The molecule has 0 bridgehead atoms. The summed E-state index contributed by atoms with van der Waals surface area (Å²) in [4.78, 5) is 10.1. The Bertz CT molecular complexity index is 156. The maximum atomic E-state index is 12.0. The van der Waals surface area contributed by atoms with Crippen LogP contribution in [0.4, 0.5) is 13.6 Å². The number of alkyl halides is 2. The van der Waals surface area contributed by atoms with Gasteiger partial charge in [-0.25, -0.2) is 13.6 Å². The highest BCUT2D eigenvalue weighted by Crippen LogP contribution is 2.40. The Morgan fingerprint density at radius 1 is 1.60 bits per heavy atom. The van der Waals surface area contributed by atoms with Crippen molar-refractivity contribution in [1.82, 2.24) is 5.32 Å². The van der Waals surface area contributed by atoms with Crippen LogP contribution in [0.3, 0.4) is 0 Å². The normalized spacial score (nSPS) is 20.7. The standard InChI is InChI=1S/C5H8F2N2O/c6-3(7)5(1-2-5)9-4(8)10/h3H,1-2H2,(H3,8,9,10). The van der Waals surface area contributed by atoms with Crippen LogP contribution in [-0.4, -0.2) is 18.0 Å². The zero-order valence-electron chi connectivity index (χ0n) is 5.23. The highest BCUT2D eigenvalue weighted by Gasteiger charge is 2.52. The first-order valence-corrected chi connectivity index (χ1v) is 2.93. The smallest absolute Gasteiger partial charge is 0.312 e. The summed E-state index contributed by atoms with van der Waals surface area (Å²) in [7, 11) is 0. The van der Waals surface area contributed by atoms with Gasteiger partial charge in [0.05, 0.1) is 0 Å². The molecule has 0 aliphatic heterocycles. The third kappa shape index (κ3) is 1.17. The van der Waals surface area contributed by atoms with Gasteiger partial charge >= 0.3 is 6.03 Å². The Labute approximate surface area is 56.6 Å². The summed E-state index contributed by atoms with van der Waals surface area (Å²) in [6.45, 7) is 0. The molecule has 0 unspecified atom stereocenters. The first-order valence-electron chi connectivity index (χ1n) is 2.93. The molecule has 0 heterocycles. The quantitative estimate of drug-likeness (QED) is 0.590. The molecule has 3 nitrogen and oxygen atoms in total. The third-order valence-electron chi connectivity index (χ3n) is 1.58. The molecule has 0 atom stereocenters. The van der Waals surface area contributed by atoms with E-state index in [0.717, 1.165) is 0 Å². The molecule has 1 aliphatic carbocycles. The van der Waals surface area contributed by atoms with Gasteiger partial charge in [-0.15, -0.1) is 0 Å². The van der Waals surface area contributed by atoms with Gasteiger partial charge in [0.15, 0.2) is 0 Å².